The number of rotatable bonds is 5. The summed E-state index contributed by atoms with van der Waals surface area (Å²) in [7, 11) is -3.42. The van der Waals surface area contributed by atoms with Crippen LogP contribution in [0.25, 0.3) is 0 Å². The van der Waals surface area contributed by atoms with Crippen LogP contribution in [0.3, 0.4) is 0 Å². The maximum absolute atomic E-state index is 10.7. The van der Waals surface area contributed by atoms with E-state index >= 15 is 0 Å². The lowest BCUT2D eigenvalue weighted by Gasteiger charge is -2.01. The van der Waals surface area contributed by atoms with Crippen LogP contribution in [0.1, 0.15) is 5.56 Å². The third-order valence-corrected chi connectivity index (χ3v) is 2.43. The molecule has 0 saturated heterocycles. The van der Waals surface area contributed by atoms with Crippen LogP contribution in [0.15, 0.2) is 24.3 Å². The molecule has 16 heavy (non-hydrogen) atoms. The third kappa shape index (κ3) is 4.37. The second-order valence-electron chi connectivity index (χ2n) is 3.20. The Kier molecular flexibility index (Phi) is 3.97. The van der Waals surface area contributed by atoms with Crippen LogP contribution >= 0.6 is 0 Å². The molecule has 7 heteroatoms. The molecule has 0 aliphatic rings. The SMILES string of the molecule is CS(=O)(=O)OCCc1ccc([N+](=O)[O-])cc1. The molecule has 0 aliphatic heterocycles. The maximum atomic E-state index is 10.7. The van der Waals surface area contributed by atoms with E-state index in [1.54, 1.807) is 12.1 Å². The Bertz CT molecular complexity index is 465. The van der Waals surface area contributed by atoms with E-state index in [-0.39, 0.29) is 12.3 Å². The molecule has 0 spiro atoms. The number of non-ortho nitro benzene ring substituents is 1. The lowest BCUT2D eigenvalue weighted by atomic mass is 10.1. The largest absolute Gasteiger partial charge is 0.270 e. The Morgan fingerprint density at radius 3 is 2.31 bits per heavy atom. The van der Waals surface area contributed by atoms with Gasteiger partial charge >= 0.3 is 0 Å². The lowest BCUT2D eigenvalue weighted by Crippen LogP contribution is -2.06. The summed E-state index contributed by atoms with van der Waals surface area (Å²) in [6.07, 6.45) is 1.37. The third-order valence-electron chi connectivity index (χ3n) is 1.84. The molecule has 0 aliphatic carbocycles. The zero-order valence-electron chi connectivity index (χ0n) is 8.62. The Morgan fingerprint density at radius 2 is 1.88 bits per heavy atom. The van der Waals surface area contributed by atoms with Crippen molar-refractivity contribution in [2.75, 3.05) is 12.9 Å². The monoisotopic (exact) mass is 245 g/mol. The van der Waals surface area contributed by atoms with Gasteiger partial charge < -0.3 is 0 Å². The Balaban J connectivity index is 2.53. The summed E-state index contributed by atoms with van der Waals surface area (Å²) >= 11 is 0. The maximum Gasteiger partial charge on any atom is 0.269 e. The fourth-order valence-electron chi connectivity index (χ4n) is 1.10. The molecule has 0 unspecified atom stereocenters. The van der Waals surface area contributed by atoms with Crippen molar-refractivity contribution in [1.29, 1.82) is 0 Å². The summed E-state index contributed by atoms with van der Waals surface area (Å²) in [5.41, 5.74) is 0.794. The highest BCUT2D eigenvalue weighted by Gasteiger charge is 2.05. The van der Waals surface area contributed by atoms with E-state index < -0.39 is 15.0 Å². The average molecular weight is 245 g/mol. The highest BCUT2D eigenvalue weighted by Crippen LogP contribution is 2.12. The van der Waals surface area contributed by atoms with E-state index in [1.165, 1.54) is 12.1 Å². The molecule has 1 rings (SSSR count). The van der Waals surface area contributed by atoms with Gasteiger partial charge in [-0.25, -0.2) is 0 Å². The van der Waals surface area contributed by atoms with Gasteiger partial charge in [-0.3, -0.25) is 14.3 Å². The topological polar surface area (TPSA) is 86.5 Å². The van der Waals surface area contributed by atoms with Crippen molar-refractivity contribution in [2.24, 2.45) is 0 Å². The molecule has 88 valence electrons. The molecule has 0 radical (unpaired) electrons. The van der Waals surface area contributed by atoms with Gasteiger partial charge in [0.1, 0.15) is 0 Å². The van der Waals surface area contributed by atoms with Gasteiger partial charge in [0, 0.05) is 12.1 Å². The zero-order valence-corrected chi connectivity index (χ0v) is 9.44. The Labute approximate surface area is 93.1 Å². The Hall–Kier alpha value is -1.47. The van der Waals surface area contributed by atoms with E-state index in [0.29, 0.717) is 6.42 Å². The number of nitro groups is 1. The molecule has 0 N–H and O–H groups in total. The summed E-state index contributed by atoms with van der Waals surface area (Å²) in [5, 5.41) is 10.4. The van der Waals surface area contributed by atoms with Crippen molar-refractivity contribution in [3.05, 3.63) is 39.9 Å². The molecule has 0 aromatic heterocycles. The first-order valence-corrected chi connectivity index (χ1v) is 6.28. The smallest absolute Gasteiger partial charge is 0.269 e. The van der Waals surface area contributed by atoms with E-state index in [0.717, 1.165) is 11.8 Å². The summed E-state index contributed by atoms with van der Waals surface area (Å²) in [5.74, 6) is 0. The molecule has 0 bridgehead atoms. The quantitative estimate of drug-likeness (QED) is 0.440. The van der Waals surface area contributed by atoms with E-state index in [9.17, 15) is 18.5 Å². The van der Waals surface area contributed by atoms with E-state index in [2.05, 4.69) is 4.18 Å². The van der Waals surface area contributed by atoms with Crippen LogP contribution in [-0.4, -0.2) is 26.2 Å². The number of hydrogen-bond donors (Lipinski definition) is 0. The second-order valence-corrected chi connectivity index (χ2v) is 4.84. The molecule has 6 nitrogen and oxygen atoms in total. The lowest BCUT2D eigenvalue weighted by molar-refractivity contribution is -0.384. The van der Waals surface area contributed by atoms with Gasteiger partial charge in [0.05, 0.1) is 17.8 Å². The highest BCUT2D eigenvalue weighted by molar-refractivity contribution is 7.85. The van der Waals surface area contributed by atoms with Gasteiger partial charge in [-0.1, -0.05) is 12.1 Å². The summed E-state index contributed by atoms with van der Waals surface area (Å²) in [4.78, 5) is 9.87. The van der Waals surface area contributed by atoms with Gasteiger partial charge in [0.2, 0.25) is 0 Å². The fraction of sp³-hybridized carbons (Fsp3) is 0.333. The molecule has 0 heterocycles. The van der Waals surface area contributed by atoms with Crippen LogP contribution in [0.5, 0.6) is 0 Å². The van der Waals surface area contributed by atoms with E-state index in [1.807, 2.05) is 0 Å². The van der Waals surface area contributed by atoms with Crippen molar-refractivity contribution >= 4 is 15.8 Å². The minimum absolute atomic E-state index is 0.00721. The van der Waals surface area contributed by atoms with Crippen LogP contribution in [0, 0.1) is 10.1 Å². The van der Waals surface area contributed by atoms with Crippen LogP contribution in [-0.2, 0) is 20.7 Å². The Morgan fingerprint density at radius 1 is 1.31 bits per heavy atom. The average Bonchev–Trinajstić information content (AvgIpc) is 2.16. The second kappa shape index (κ2) is 5.04. The number of benzene rings is 1. The summed E-state index contributed by atoms with van der Waals surface area (Å²) < 4.78 is 25.9. The fourth-order valence-corrected chi connectivity index (χ4v) is 1.48. The first-order chi connectivity index (χ1) is 7.38. The highest BCUT2D eigenvalue weighted by atomic mass is 32.2. The van der Waals surface area contributed by atoms with Crippen LogP contribution in [0.4, 0.5) is 5.69 Å². The van der Waals surface area contributed by atoms with Gasteiger partial charge in [-0.2, -0.15) is 8.42 Å². The molecule has 1 aromatic rings. The van der Waals surface area contributed by atoms with Gasteiger partial charge in [-0.05, 0) is 12.0 Å². The van der Waals surface area contributed by atoms with Crippen molar-refractivity contribution in [3.8, 4) is 0 Å². The zero-order chi connectivity index (χ0) is 12.2. The molecule has 0 atom stereocenters. The number of nitro benzene ring substituents is 1. The summed E-state index contributed by atoms with van der Waals surface area (Å²) in [6.45, 7) is 0.0383. The predicted octanol–water partition coefficient (Wildman–Crippen LogP) is 1.11. The first-order valence-electron chi connectivity index (χ1n) is 4.46. The minimum Gasteiger partial charge on any atom is -0.270 e. The van der Waals surface area contributed by atoms with Crippen LogP contribution < -0.4 is 0 Å². The number of hydrogen-bond acceptors (Lipinski definition) is 5. The molecule has 0 fully saturated rings. The molecule has 0 saturated carbocycles. The van der Waals surface area contributed by atoms with Gasteiger partial charge in [-0.15, -0.1) is 0 Å². The van der Waals surface area contributed by atoms with Crippen molar-refractivity contribution in [3.63, 3.8) is 0 Å². The van der Waals surface area contributed by atoms with Crippen molar-refractivity contribution in [2.45, 2.75) is 6.42 Å². The number of nitrogens with zero attached hydrogens (tertiary/aromatic N) is 1. The summed E-state index contributed by atoms with van der Waals surface area (Å²) in [6, 6.07) is 5.89. The standard InChI is InChI=1S/C9H11NO5S/c1-16(13,14)15-7-6-8-2-4-9(5-3-8)10(11)12/h2-5H,6-7H2,1H3. The minimum atomic E-state index is -3.42. The van der Waals surface area contributed by atoms with E-state index in [4.69, 9.17) is 0 Å². The van der Waals surface area contributed by atoms with Gasteiger partial charge in [0.25, 0.3) is 15.8 Å². The molecular weight excluding hydrogens is 234 g/mol. The molecular formula is C9H11NO5S. The predicted molar refractivity (Wildman–Crippen MR) is 57.6 cm³/mol. The molecule has 0 amide bonds. The van der Waals surface area contributed by atoms with Gasteiger partial charge in [0.15, 0.2) is 0 Å². The normalized spacial score (nSPS) is 11.3. The molecule has 1 aromatic carbocycles. The van der Waals surface area contributed by atoms with Crippen molar-refractivity contribution < 1.29 is 17.5 Å². The van der Waals surface area contributed by atoms with Crippen LogP contribution in [0.2, 0.25) is 0 Å². The first kappa shape index (κ1) is 12.6. The van der Waals surface area contributed by atoms with Crippen molar-refractivity contribution in [1.82, 2.24) is 0 Å².